The van der Waals surface area contributed by atoms with Crippen molar-refractivity contribution in [3.8, 4) is 5.75 Å². The van der Waals surface area contributed by atoms with Gasteiger partial charge in [-0.3, -0.25) is 9.59 Å². The second kappa shape index (κ2) is 11.5. The fourth-order valence-corrected chi connectivity index (χ4v) is 3.16. The van der Waals surface area contributed by atoms with Crippen molar-refractivity contribution in [2.45, 2.75) is 39.0 Å². The van der Waals surface area contributed by atoms with Gasteiger partial charge in [-0.2, -0.15) is 0 Å². The minimum atomic E-state index is -0.167. The standard InChI is InChI=1S/C20H31N3O3/c1-2-26-18-9-4-3-8-17(18)20(25)23-13-6-10-19(24)22-14-11-16-7-5-12-21-15-16/h3-4,8-9,16,21H,2,5-7,10-15H2,1H3,(H,22,24)(H,23,25). The highest BCUT2D eigenvalue weighted by atomic mass is 16.5. The summed E-state index contributed by atoms with van der Waals surface area (Å²) in [4.78, 5) is 24.1. The van der Waals surface area contributed by atoms with Gasteiger partial charge in [0.05, 0.1) is 12.2 Å². The van der Waals surface area contributed by atoms with Crippen molar-refractivity contribution in [2.24, 2.45) is 5.92 Å². The molecule has 6 nitrogen and oxygen atoms in total. The largest absolute Gasteiger partial charge is 0.493 e. The van der Waals surface area contributed by atoms with Gasteiger partial charge >= 0.3 is 0 Å². The molecule has 1 aliphatic rings. The van der Waals surface area contributed by atoms with Crippen LogP contribution in [0.5, 0.6) is 5.75 Å². The van der Waals surface area contributed by atoms with Crippen LogP contribution in [0, 0.1) is 5.92 Å². The summed E-state index contributed by atoms with van der Waals surface area (Å²) >= 11 is 0. The lowest BCUT2D eigenvalue weighted by Crippen LogP contribution is -2.33. The van der Waals surface area contributed by atoms with E-state index in [0.717, 1.165) is 26.1 Å². The number of nitrogens with one attached hydrogen (secondary N) is 3. The summed E-state index contributed by atoms with van der Waals surface area (Å²) in [5, 5.41) is 9.22. The van der Waals surface area contributed by atoms with Crippen LogP contribution in [0.25, 0.3) is 0 Å². The maximum absolute atomic E-state index is 12.2. The highest BCUT2D eigenvalue weighted by molar-refractivity contribution is 5.96. The highest BCUT2D eigenvalue weighted by Gasteiger charge is 2.13. The summed E-state index contributed by atoms with van der Waals surface area (Å²) in [6.07, 6.45) is 4.56. The average molecular weight is 361 g/mol. The van der Waals surface area contributed by atoms with E-state index >= 15 is 0 Å². The first-order valence-electron chi connectivity index (χ1n) is 9.68. The number of para-hydroxylation sites is 1. The van der Waals surface area contributed by atoms with Gasteiger partial charge in [0.1, 0.15) is 5.75 Å². The normalized spacial score (nSPS) is 16.7. The molecule has 6 heteroatoms. The van der Waals surface area contributed by atoms with Gasteiger partial charge in [0, 0.05) is 19.5 Å². The zero-order chi connectivity index (χ0) is 18.6. The number of piperidine rings is 1. The fourth-order valence-electron chi connectivity index (χ4n) is 3.16. The van der Waals surface area contributed by atoms with Crippen molar-refractivity contribution in [1.29, 1.82) is 0 Å². The number of amides is 2. The van der Waals surface area contributed by atoms with Gasteiger partial charge < -0.3 is 20.7 Å². The molecular formula is C20H31N3O3. The maximum Gasteiger partial charge on any atom is 0.255 e. The lowest BCUT2D eigenvalue weighted by atomic mass is 9.96. The third-order valence-corrected chi connectivity index (χ3v) is 4.57. The smallest absolute Gasteiger partial charge is 0.255 e. The molecule has 1 aliphatic heterocycles. The summed E-state index contributed by atoms with van der Waals surface area (Å²) in [6.45, 7) is 5.78. The number of ether oxygens (including phenoxy) is 1. The van der Waals surface area contributed by atoms with Crippen molar-refractivity contribution in [3.63, 3.8) is 0 Å². The van der Waals surface area contributed by atoms with Crippen molar-refractivity contribution >= 4 is 11.8 Å². The Morgan fingerprint density at radius 2 is 2.08 bits per heavy atom. The van der Waals surface area contributed by atoms with E-state index in [0.29, 0.717) is 43.2 Å². The Morgan fingerprint density at radius 1 is 1.23 bits per heavy atom. The molecule has 1 aromatic rings. The van der Waals surface area contributed by atoms with Gasteiger partial charge in [-0.05, 0) is 63.7 Å². The molecule has 1 fully saturated rings. The zero-order valence-electron chi connectivity index (χ0n) is 15.7. The molecule has 0 aromatic heterocycles. The molecule has 144 valence electrons. The number of hydrogen-bond acceptors (Lipinski definition) is 4. The first-order chi connectivity index (χ1) is 12.7. The number of carbonyl (C=O) groups is 2. The maximum atomic E-state index is 12.2. The van der Waals surface area contributed by atoms with Gasteiger partial charge in [-0.1, -0.05) is 12.1 Å². The van der Waals surface area contributed by atoms with Crippen molar-refractivity contribution in [1.82, 2.24) is 16.0 Å². The van der Waals surface area contributed by atoms with E-state index in [9.17, 15) is 9.59 Å². The van der Waals surface area contributed by atoms with Crippen LogP contribution in [-0.2, 0) is 4.79 Å². The van der Waals surface area contributed by atoms with Crippen LogP contribution in [0.3, 0.4) is 0 Å². The molecule has 0 saturated carbocycles. The third kappa shape index (κ3) is 7.04. The van der Waals surface area contributed by atoms with Gasteiger partial charge in [0.25, 0.3) is 5.91 Å². The Bertz CT molecular complexity index is 571. The Balaban J connectivity index is 1.59. The van der Waals surface area contributed by atoms with Crippen molar-refractivity contribution in [2.75, 3.05) is 32.8 Å². The molecule has 1 unspecified atom stereocenters. The van der Waals surface area contributed by atoms with E-state index in [1.807, 2.05) is 19.1 Å². The Morgan fingerprint density at radius 3 is 2.85 bits per heavy atom. The summed E-state index contributed by atoms with van der Waals surface area (Å²) in [7, 11) is 0. The van der Waals surface area contributed by atoms with Gasteiger partial charge in [-0.25, -0.2) is 0 Å². The van der Waals surface area contributed by atoms with Crippen molar-refractivity contribution in [3.05, 3.63) is 29.8 Å². The van der Waals surface area contributed by atoms with Crippen LogP contribution in [0.4, 0.5) is 0 Å². The molecule has 1 heterocycles. The minimum Gasteiger partial charge on any atom is -0.493 e. The molecule has 2 amide bonds. The van der Waals surface area contributed by atoms with E-state index in [-0.39, 0.29) is 11.8 Å². The quantitative estimate of drug-likeness (QED) is 0.558. The van der Waals surface area contributed by atoms with Gasteiger partial charge in [0.2, 0.25) is 5.91 Å². The van der Waals surface area contributed by atoms with Crippen LogP contribution in [0.2, 0.25) is 0 Å². The lowest BCUT2D eigenvalue weighted by Gasteiger charge is -2.22. The Labute approximate surface area is 156 Å². The molecule has 3 N–H and O–H groups in total. The van der Waals surface area contributed by atoms with E-state index < -0.39 is 0 Å². The number of benzene rings is 1. The number of hydrogen-bond donors (Lipinski definition) is 3. The van der Waals surface area contributed by atoms with Crippen LogP contribution >= 0.6 is 0 Å². The molecule has 26 heavy (non-hydrogen) atoms. The van der Waals surface area contributed by atoms with Crippen LogP contribution in [0.15, 0.2) is 24.3 Å². The van der Waals surface area contributed by atoms with Crippen LogP contribution in [-0.4, -0.2) is 44.6 Å². The van der Waals surface area contributed by atoms with E-state index in [2.05, 4.69) is 16.0 Å². The summed E-state index contributed by atoms with van der Waals surface area (Å²) in [6, 6.07) is 7.18. The molecule has 1 saturated heterocycles. The van der Waals surface area contributed by atoms with Gasteiger partial charge in [0.15, 0.2) is 0 Å². The number of carbonyl (C=O) groups excluding carboxylic acids is 2. The average Bonchev–Trinajstić information content (AvgIpc) is 2.66. The van der Waals surface area contributed by atoms with Crippen LogP contribution in [0.1, 0.15) is 49.4 Å². The minimum absolute atomic E-state index is 0.0535. The summed E-state index contributed by atoms with van der Waals surface area (Å²) in [5.74, 6) is 1.15. The molecule has 0 bridgehead atoms. The summed E-state index contributed by atoms with van der Waals surface area (Å²) in [5.41, 5.74) is 0.528. The predicted molar refractivity (Wildman–Crippen MR) is 102 cm³/mol. The Hall–Kier alpha value is -2.08. The molecule has 2 rings (SSSR count). The monoisotopic (exact) mass is 361 g/mol. The number of rotatable bonds is 10. The first kappa shape index (κ1) is 20.2. The van der Waals surface area contributed by atoms with Gasteiger partial charge in [-0.15, -0.1) is 0 Å². The second-order valence-corrected chi connectivity index (χ2v) is 6.64. The third-order valence-electron chi connectivity index (χ3n) is 4.57. The van der Waals surface area contributed by atoms with E-state index in [1.54, 1.807) is 12.1 Å². The predicted octanol–water partition coefficient (Wildman–Crippen LogP) is 2.10. The Kier molecular flexibility index (Phi) is 8.96. The molecule has 0 radical (unpaired) electrons. The SMILES string of the molecule is CCOc1ccccc1C(=O)NCCCC(=O)NCCC1CCCNC1. The van der Waals surface area contributed by atoms with E-state index in [1.165, 1.54) is 12.8 Å². The van der Waals surface area contributed by atoms with E-state index in [4.69, 9.17) is 4.74 Å². The molecule has 1 aromatic carbocycles. The van der Waals surface area contributed by atoms with Crippen LogP contribution < -0.4 is 20.7 Å². The zero-order valence-corrected chi connectivity index (χ0v) is 15.7. The molecular weight excluding hydrogens is 330 g/mol. The van der Waals surface area contributed by atoms with Crippen molar-refractivity contribution < 1.29 is 14.3 Å². The first-order valence-corrected chi connectivity index (χ1v) is 9.68. The molecule has 0 aliphatic carbocycles. The summed E-state index contributed by atoms with van der Waals surface area (Å²) < 4.78 is 5.47. The fraction of sp³-hybridized carbons (Fsp3) is 0.600. The topological polar surface area (TPSA) is 79.5 Å². The molecule has 0 spiro atoms. The lowest BCUT2D eigenvalue weighted by molar-refractivity contribution is -0.121. The second-order valence-electron chi connectivity index (χ2n) is 6.64. The highest BCUT2D eigenvalue weighted by Crippen LogP contribution is 2.17. The molecule has 1 atom stereocenters.